The third kappa shape index (κ3) is 4.04. The number of rotatable bonds is 3. The number of halogens is 1. The van der Waals surface area contributed by atoms with Crippen LogP contribution in [0.4, 0.5) is 5.69 Å². The first-order valence-corrected chi connectivity index (χ1v) is 12.0. The highest BCUT2D eigenvalue weighted by Crippen LogP contribution is 2.45. The van der Waals surface area contributed by atoms with Crippen molar-refractivity contribution in [3.8, 4) is 0 Å². The Morgan fingerprint density at radius 2 is 1.83 bits per heavy atom. The molecule has 162 valence electrons. The molecule has 4 rings (SSSR count). The summed E-state index contributed by atoms with van der Waals surface area (Å²) in [6.07, 6.45) is 6.96. The number of nitro benzene ring substituents is 1. The number of nitrogens with zero attached hydrogens (tertiary/aromatic N) is 3. The molecule has 2 saturated heterocycles. The van der Waals surface area contributed by atoms with E-state index >= 15 is 0 Å². The number of amides is 2. The average Bonchev–Trinajstić information content (AvgIpc) is 3.17. The van der Waals surface area contributed by atoms with Crippen LogP contribution in [0, 0.1) is 16.0 Å². The van der Waals surface area contributed by atoms with Crippen LogP contribution in [0.1, 0.15) is 55.3 Å². The van der Waals surface area contributed by atoms with Crippen molar-refractivity contribution >= 4 is 40.9 Å². The SMILES string of the molecule is O=C(c1ccc(Cl)c([N+](=O)[O-])c1)N1CCC2(CC1)SCCN2C(=O)C1CCCCC1. The normalized spacial score (nSPS) is 21.8. The van der Waals surface area contributed by atoms with E-state index in [1.165, 1.54) is 24.6 Å². The second-order valence-corrected chi connectivity index (χ2v) is 10.2. The van der Waals surface area contributed by atoms with E-state index in [9.17, 15) is 19.7 Å². The predicted octanol–water partition coefficient (Wildman–Crippen LogP) is 4.34. The van der Waals surface area contributed by atoms with Crippen molar-refractivity contribution in [3.63, 3.8) is 0 Å². The number of nitro groups is 1. The van der Waals surface area contributed by atoms with Crippen LogP contribution < -0.4 is 0 Å². The Labute approximate surface area is 185 Å². The third-order valence-electron chi connectivity index (χ3n) is 6.62. The molecule has 0 N–H and O–H groups in total. The summed E-state index contributed by atoms with van der Waals surface area (Å²) in [5.41, 5.74) is 0.0165. The van der Waals surface area contributed by atoms with Gasteiger partial charge in [0, 0.05) is 42.9 Å². The van der Waals surface area contributed by atoms with Gasteiger partial charge in [-0.05, 0) is 37.8 Å². The molecule has 1 aliphatic carbocycles. The van der Waals surface area contributed by atoms with Gasteiger partial charge in [-0.15, -0.1) is 11.8 Å². The molecule has 0 atom stereocenters. The van der Waals surface area contributed by atoms with Gasteiger partial charge in [-0.25, -0.2) is 0 Å². The van der Waals surface area contributed by atoms with Crippen LogP contribution in [0.15, 0.2) is 18.2 Å². The van der Waals surface area contributed by atoms with E-state index in [2.05, 4.69) is 4.90 Å². The summed E-state index contributed by atoms with van der Waals surface area (Å²) in [5, 5.41) is 11.2. The van der Waals surface area contributed by atoms with E-state index < -0.39 is 4.92 Å². The Bertz CT molecular complexity index is 851. The van der Waals surface area contributed by atoms with Crippen LogP contribution in [-0.4, -0.2) is 56.8 Å². The molecular weight excluding hydrogens is 426 g/mol. The number of carbonyl (C=O) groups excluding carboxylic acids is 2. The number of piperidine rings is 1. The Morgan fingerprint density at radius 1 is 1.13 bits per heavy atom. The van der Waals surface area contributed by atoms with Crippen LogP contribution in [-0.2, 0) is 4.79 Å². The van der Waals surface area contributed by atoms with Crippen molar-refractivity contribution in [1.29, 1.82) is 0 Å². The molecule has 7 nitrogen and oxygen atoms in total. The van der Waals surface area contributed by atoms with E-state index in [-0.39, 0.29) is 33.0 Å². The minimum absolute atomic E-state index is 0.0216. The van der Waals surface area contributed by atoms with Gasteiger partial charge >= 0.3 is 0 Å². The lowest BCUT2D eigenvalue weighted by Crippen LogP contribution is -2.55. The first-order chi connectivity index (χ1) is 14.4. The molecule has 0 bridgehead atoms. The number of hydrogen-bond donors (Lipinski definition) is 0. The highest BCUT2D eigenvalue weighted by Gasteiger charge is 2.48. The summed E-state index contributed by atoms with van der Waals surface area (Å²) in [6.45, 7) is 1.87. The highest BCUT2D eigenvalue weighted by molar-refractivity contribution is 8.00. The van der Waals surface area contributed by atoms with Gasteiger partial charge in [0.1, 0.15) is 5.02 Å². The smallest absolute Gasteiger partial charge is 0.288 e. The molecule has 3 aliphatic rings. The molecule has 9 heteroatoms. The van der Waals surface area contributed by atoms with Gasteiger partial charge in [-0.3, -0.25) is 19.7 Å². The summed E-state index contributed by atoms with van der Waals surface area (Å²) < 4.78 is 0. The fourth-order valence-corrected chi connectivity index (χ4v) is 6.58. The van der Waals surface area contributed by atoms with Gasteiger partial charge in [-0.1, -0.05) is 30.9 Å². The molecule has 0 aromatic heterocycles. The monoisotopic (exact) mass is 451 g/mol. The van der Waals surface area contributed by atoms with Crippen LogP contribution in [0.5, 0.6) is 0 Å². The van der Waals surface area contributed by atoms with E-state index in [1.807, 2.05) is 11.8 Å². The van der Waals surface area contributed by atoms with E-state index in [1.54, 1.807) is 4.90 Å². The number of hydrogen-bond acceptors (Lipinski definition) is 5. The molecular formula is C21H26ClN3O4S. The summed E-state index contributed by atoms with van der Waals surface area (Å²) in [4.78, 5) is 40.3. The van der Waals surface area contributed by atoms with Crippen molar-refractivity contribution in [3.05, 3.63) is 38.9 Å². The predicted molar refractivity (Wildman–Crippen MR) is 117 cm³/mol. The molecule has 1 saturated carbocycles. The van der Waals surface area contributed by atoms with Crippen molar-refractivity contribution in [2.75, 3.05) is 25.4 Å². The highest BCUT2D eigenvalue weighted by atomic mass is 35.5. The first-order valence-electron chi connectivity index (χ1n) is 10.6. The molecule has 2 amide bonds. The Balaban J connectivity index is 1.44. The zero-order chi connectivity index (χ0) is 21.3. The van der Waals surface area contributed by atoms with E-state index in [4.69, 9.17) is 11.6 Å². The van der Waals surface area contributed by atoms with Crippen LogP contribution in [0.2, 0.25) is 5.02 Å². The molecule has 3 fully saturated rings. The summed E-state index contributed by atoms with van der Waals surface area (Å²) in [7, 11) is 0. The van der Waals surface area contributed by atoms with Gasteiger partial charge in [-0.2, -0.15) is 0 Å². The van der Waals surface area contributed by atoms with Gasteiger partial charge in [0.25, 0.3) is 11.6 Å². The number of carbonyl (C=O) groups is 2. The van der Waals surface area contributed by atoms with E-state index in [0.29, 0.717) is 19.0 Å². The maximum atomic E-state index is 13.2. The fourth-order valence-electron chi connectivity index (χ4n) is 4.93. The molecule has 30 heavy (non-hydrogen) atoms. The van der Waals surface area contributed by atoms with Crippen molar-refractivity contribution in [2.45, 2.75) is 49.8 Å². The molecule has 1 aromatic carbocycles. The van der Waals surface area contributed by atoms with Crippen molar-refractivity contribution < 1.29 is 14.5 Å². The fraction of sp³-hybridized carbons (Fsp3) is 0.619. The van der Waals surface area contributed by atoms with E-state index in [0.717, 1.165) is 50.8 Å². The molecule has 1 spiro atoms. The molecule has 1 aromatic rings. The second-order valence-electron chi connectivity index (χ2n) is 8.33. The molecule has 0 radical (unpaired) electrons. The first kappa shape index (κ1) is 21.4. The standard InChI is InChI=1S/C21H26ClN3O4S/c22-17-7-6-16(14-18(17)25(28)29)19(26)23-10-8-21(9-11-23)24(12-13-30-21)20(27)15-4-2-1-3-5-15/h6-7,14-15H,1-5,8-13H2. The number of benzene rings is 1. The molecule has 2 heterocycles. The largest absolute Gasteiger partial charge is 0.338 e. The van der Waals surface area contributed by atoms with Crippen molar-refractivity contribution in [1.82, 2.24) is 9.80 Å². The lowest BCUT2D eigenvalue weighted by molar-refractivity contribution is -0.384. The van der Waals surface area contributed by atoms with Crippen molar-refractivity contribution in [2.24, 2.45) is 5.92 Å². The minimum atomic E-state index is -0.575. The van der Waals surface area contributed by atoms with Gasteiger partial charge in [0.15, 0.2) is 0 Å². The Morgan fingerprint density at radius 3 is 2.50 bits per heavy atom. The maximum absolute atomic E-state index is 13.2. The average molecular weight is 452 g/mol. The third-order valence-corrected chi connectivity index (χ3v) is 8.49. The number of thioether (sulfide) groups is 1. The topological polar surface area (TPSA) is 83.8 Å². The van der Waals surface area contributed by atoms with Gasteiger partial charge in [0.05, 0.1) is 9.79 Å². The van der Waals surface area contributed by atoms with Gasteiger partial charge in [0.2, 0.25) is 5.91 Å². The zero-order valence-corrected chi connectivity index (χ0v) is 18.4. The lowest BCUT2D eigenvalue weighted by atomic mass is 9.87. The second kappa shape index (κ2) is 8.75. The Hall–Kier alpha value is -1.80. The zero-order valence-electron chi connectivity index (χ0n) is 16.8. The summed E-state index contributed by atoms with van der Waals surface area (Å²) in [6, 6.07) is 4.18. The van der Waals surface area contributed by atoms with Crippen LogP contribution in [0.25, 0.3) is 0 Å². The molecule has 0 unspecified atom stereocenters. The maximum Gasteiger partial charge on any atom is 0.288 e. The number of likely N-dealkylation sites (tertiary alicyclic amines) is 1. The minimum Gasteiger partial charge on any atom is -0.338 e. The van der Waals surface area contributed by atoms with Crippen LogP contribution >= 0.6 is 23.4 Å². The summed E-state index contributed by atoms with van der Waals surface area (Å²) >= 11 is 7.71. The molecule has 2 aliphatic heterocycles. The van der Waals surface area contributed by atoms with Gasteiger partial charge < -0.3 is 9.80 Å². The lowest BCUT2D eigenvalue weighted by Gasteiger charge is -2.45. The summed E-state index contributed by atoms with van der Waals surface area (Å²) in [5.74, 6) is 1.17. The Kier molecular flexibility index (Phi) is 6.25. The quantitative estimate of drug-likeness (QED) is 0.504. The van der Waals surface area contributed by atoms with Crippen LogP contribution in [0.3, 0.4) is 0 Å².